The molecule has 2 rings (SSSR count). The number of phenolic OH excluding ortho intramolecular Hbond substituents is 1. The molecule has 3 N–H and O–H groups in total. The number of nitro groups is 1. The van der Waals surface area contributed by atoms with Crippen LogP contribution in [0.2, 0.25) is 0 Å². The van der Waals surface area contributed by atoms with E-state index in [-0.39, 0.29) is 35.7 Å². The lowest BCUT2D eigenvalue weighted by molar-refractivity contribution is -0.384. The monoisotopic (exact) mass is 384 g/mol. The smallest absolute Gasteiger partial charge is 0.270 e. The number of carbonyl (C=O) groups is 2. The first kappa shape index (κ1) is 20.6. The zero-order chi connectivity index (χ0) is 20.7. The van der Waals surface area contributed by atoms with Crippen LogP contribution in [0.15, 0.2) is 41.5 Å². The number of hydrogen-bond donors (Lipinski definition) is 3. The number of nitro benzene ring substituents is 1. The molecule has 2 aromatic rings. The van der Waals surface area contributed by atoms with Gasteiger partial charge in [-0.3, -0.25) is 19.7 Å². The van der Waals surface area contributed by atoms with Gasteiger partial charge in [0.2, 0.25) is 11.8 Å². The number of non-ortho nitro benzene ring substituents is 1. The van der Waals surface area contributed by atoms with Crippen molar-refractivity contribution >= 4 is 29.4 Å². The molecule has 0 unspecified atom stereocenters. The van der Waals surface area contributed by atoms with E-state index in [1.165, 1.54) is 6.07 Å². The molecule has 146 valence electrons. The van der Waals surface area contributed by atoms with Gasteiger partial charge in [0.15, 0.2) is 0 Å². The van der Waals surface area contributed by atoms with Gasteiger partial charge in [0.05, 0.1) is 11.1 Å². The summed E-state index contributed by atoms with van der Waals surface area (Å²) in [6, 6.07) is 8.98. The van der Waals surface area contributed by atoms with Gasteiger partial charge in [-0.25, -0.2) is 5.43 Å². The van der Waals surface area contributed by atoms with Crippen LogP contribution in [0.1, 0.15) is 29.5 Å². The molecule has 0 radical (unpaired) electrons. The van der Waals surface area contributed by atoms with Crippen LogP contribution >= 0.6 is 0 Å². The van der Waals surface area contributed by atoms with E-state index >= 15 is 0 Å². The average Bonchev–Trinajstić information content (AvgIpc) is 2.64. The first-order valence-electron chi connectivity index (χ1n) is 8.42. The molecule has 2 amide bonds. The minimum absolute atomic E-state index is 0.0314. The number of anilines is 1. The Bertz CT molecular complexity index is 940. The van der Waals surface area contributed by atoms with Crippen LogP contribution in [0.5, 0.6) is 5.75 Å². The fourth-order valence-corrected chi connectivity index (χ4v) is 2.26. The highest BCUT2D eigenvalue weighted by atomic mass is 16.6. The Morgan fingerprint density at radius 1 is 1.11 bits per heavy atom. The summed E-state index contributed by atoms with van der Waals surface area (Å²) < 4.78 is 0. The van der Waals surface area contributed by atoms with Crippen molar-refractivity contribution in [1.29, 1.82) is 0 Å². The number of hydrazone groups is 1. The van der Waals surface area contributed by atoms with Crippen molar-refractivity contribution in [2.75, 3.05) is 5.32 Å². The van der Waals surface area contributed by atoms with E-state index < -0.39 is 10.8 Å². The Morgan fingerprint density at radius 3 is 2.50 bits per heavy atom. The van der Waals surface area contributed by atoms with Gasteiger partial charge in [-0.2, -0.15) is 5.10 Å². The van der Waals surface area contributed by atoms with Crippen molar-refractivity contribution in [2.45, 2.75) is 26.7 Å². The van der Waals surface area contributed by atoms with E-state index in [4.69, 9.17) is 0 Å². The van der Waals surface area contributed by atoms with Gasteiger partial charge in [0, 0.05) is 36.2 Å². The molecule has 0 atom stereocenters. The molecule has 0 spiro atoms. The number of carbonyl (C=O) groups excluding carboxylic acids is 2. The number of aromatic hydroxyl groups is 1. The molecule has 0 aromatic heterocycles. The molecule has 0 aliphatic carbocycles. The second-order valence-electron chi connectivity index (χ2n) is 6.14. The molecule has 2 aromatic carbocycles. The summed E-state index contributed by atoms with van der Waals surface area (Å²) in [6.07, 6.45) is 0.973. The van der Waals surface area contributed by atoms with Crippen LogP contribution in [-0.4, -0.2) is 28.1 Å². The summed E-state index contributed by atoms with van der Waals surface area (Å²) in [5.74, 6) is -1.02. The molecule has 0 saturated heterocycles. The van der Waals surface area contributed by atoms with Gasteiger partial charge >= 0.3 is 0 Å². The van der Waals surface area contributed by atoms with Gasteiger partial charge in [0.1, 0.15) is 5.75 Å². The minimum atomic E-state index is -0.608. The van der Waals surface area contributed by atoms with Crippen molar-refractivity contribution < 1.29 is 19.6 Å². The van der Waals surface area contributed by atoms with Crippen LogP contribution in [-0.2, 0) is 9.59 Å². The summed E-state index contributed by atoms with van der Waals surface area (Å²) >= 11 is 0. The summed E-state index contributed by atoms with van der Waals surface area (Å²) in [4.78, 5) is 33.8. The lowest BCUT2D eigenvalue weighted by Crippen LogP contribution is -2.20. The zero-order valence-corrected chi connectivity index (χ0v) is 15.4. The summed E-state index contributed by atoms with van der Waals surface area (Å²) in [7, 11) is 0. The second-order valence-corrected chi connectivity index (χ2v) is 6.14. The first-order chi connectivity index (χ1) is 13.3. The van der Waals surface area contributed by atoms with E-state index in [1.807, 2.05) is 26.0 Å². The maximum absolute atomic E-state index is 11.9. The first-order valence-corrected chi connectivity index (χ1v) is 8.42. The molecular formula is C19H20N4O5. The fraction of sp³-hybridized carbons (Fsp3) is 0.211. The van der Waals surface area contributed by atoms with Crippen LogP contribution < -0.4 is 10.7 Å². The van der Waals surface area contributed by atoms with Gasteiger partial charge in [-0.15, -0.1) is 0 Å². The number of aryl methyl sites for hydroxylation is 2. The maximum Gasteiger partial charge on any atom is 0.270 e. The predicted molar refractivity (Wildman–Crippen MR) is 104 cm³/mol. The van der Waals surface area contributed by atoms with Gasteiger partial charge in [-0.1, -0.05) is 6.07 Å². The molecule has 0 aliphatic rings. The van der Waals surface area contributed by atoms with Crippen molar-refractivity contribution in [1.82, 2.24) is 5.43 Å². The topological polar surface area (TPSA) is 134 Å². The van der Waals surface area contributed by atoms with Crippen molar-refractivity contribution in [3.63, 3.8) is 0 Å². The lowest BCUT2D eigenvalue weighted by Gasteiger charge is -2.07. The van der Waals surface area contributed by atoms with E-state index in [0.717, 1.165) is 29.5 Å². The van der Waals surface area contributed by atoms with Gasteiger partial charge < -0.3 is 10.4 Å². The number of nitrogens with zero attached hydrogens (tertiary/aromatic N) is 2. The second kappa shape index (κ2) is 9.26. The molecule has 28 heavy (non-hydrogen) atoms. The SMILES string of the molecule is Cc1ccc(NC(=O)CCC(=O)NN=Cc2cc([N+](=O)[O-])ccc2O)cc1C. The van der Waals surface area contributed by atoms with Crippen molar-refractivity contribution in [3.05, 3.63) is 63.2 Å². The number of phenols is 1. The number of rotatable bonds is 7. The third-order valence-corrected chi connectivity index (χ3v) is 3.98. The molecular weight excluding hydrogens is 364 g/mol. The highest BCUT2D eigenvalue weighted by Crippen LogP contribution is 2.21. The highest BCUT2D eigenvalue weighted by Gasteiger charge is 2.10. The molecule has 0 aliphatic heterocycles. The van der Waals surface area contributed by atoms with Crippen LogP contribution in [0, 0.1) is 24.0 Å². The number of amides is 2. The standard InChI is InChI=1S/C19H20N4O5/c1-12-3-4-15(9-13(12)2)21-18(25)7-8-19(26)22-20-11-14-10-16(23(27)28)5-6-17(14)24/h3-6,9-11,24H,7-8H2,1-2H3,(H,21,25)(H,22,26). The van der Waals surface area contributed by atoms with E-state index in [9.17, 15) is 24.8 Å². The van der Waals surface area contributed by atoms with Crippen LogP contribution in [0.3, 0.4) is 0 Å². The Morgan fingerprint density at radius 2 is 1.82 bits per heavy atom. The number of nitrogens with one attached hydrogen (secondary N) is 2. The minimum Gasteiger partial charge on any atom is -0.507 e. The quantitative estimate of drug-likeness (QED) is 0.383. The van der Waals surface area contributed by atoms with Crippen molar-refractivity contribution in [3.8, 4) is 5.75 Å². The third kappa shape index (κ3) is 5.90. The predicted octanol–water partition coefficient (Wildman–Crippen LogP) is 2.79. The molecule has 9 heteroatoms. The summed E-state index contributed by atoms with van der Waals surface area (Å²) in [5, 5.41) is 26.8. The van der Waals surface area contributed by atoms with Crippen LogP contribution in [0.25, 0.3) is 0 Å². The van der Waals surface area contributed by atoms with Crippen LogP contribution in [0.4, 0.5) is 11.4 Å². The highest BCUT2D eigenvalue weighted by molar-refractivity contribution is 5.93. The Balaban J connectivity index is 1.83. The normalized spacial score (nSPS) is 10.6. The molecule has 9 nitrogen and oxygen atoms in total. The molecule has 0 fully saturated rings. The Labute approximate surface area is 161 Å². The average molecular weight is 384 g/mol. The van der Waals surface area contributed by atoms with Gasteiger partial charge in [0.25, 0.3) is 5.69 Å². The Kier molecular flexibility index (Phi) is 6.80. The zero-order valence-electron chi connectivity index (χ0n) is 15.4. The lowest BCUT2D eigenvalue weighted by atomic mass is 10.1. The van der Waals surface area contributed by atoms with Crippen molar-refractivity contribution in [2.24, 2.45) is 5.10 Å². The molecule has 0 heterocycles. The number of benzene rings is 2. The summed E-state index contributed by atoms with van der Waals surface area (Å²) in [6.45, 7) is 3.91. The molecule has 0 saturated carbocycles. The fourth-order valence-electron chi connectivity index (χ4n) is 2.26. The third-order valence-electron chi connectivity index (χ3n) is 3.98. The van der Waals surface area contributed by atoms with Gasteiger partial charge in [-0.05, 0) is 43.2 Å². The maximum atomic E-state index is 11.9. The summed E-state index contributed by atoms with van der Waals surface area (Å²) in [5.41, 5.74) is 4.91. The van der Waals surface area contributed by atoms with E-state index in [2.05, 4.69) is 15.8 Å². The number of hydrogen-bond acceptors (Lipinski definition) is 6. The van der Waals surface area contributed by atoms with E-state index in [1.54, 1.807) is 6.07 Å². The largest absolute Gasteiger partial charge is 0.507 e. The molecule has 0 bridgehead atoms. The van der Waals surface area contributed by atoms with E-state index in [0.29, 0.717) is 5.69 Å². The Hall–Kier alpha value is -3.75.